The van der Waals surface area contributed by atoms with Crippen LogP contribution in [0.25, 0.3) is 0 Å². The van der Waals surface area contributed by atoms with Crippen LogP contribution in [0, 0.1) is 5.92 Å². The van der Waals surface area contributed by atoms with E-state index < -0.39 is 0 Å². The quantitative estimate of drug-likeness (QED) is 0.870. The summed E-state index contributed by atoms with van der Waals surface area (Å²) in [4.78, 5) is 18.9. The highest BCUT2D eigenvalue weighted by Crippen LogP contribution is 2.40. The molecular weight excluding hydrogens is 280 g/mol. The number of likely N-dealkylation sites (tertiary alicyclic amines) is 1. The van der Waals surface area contributed by atoms with Gasteiger partial charge in [0.05, 0.1) is 12.6 Å². The normalized spacial score (nSPS) is 26.1. The minimum atomic E-state index is 0.129. The van der Waals surface area contributed by atoms with Crippen LogP contribution in [-0.2, 0) is 4.79 Å². The van der Waals surface area contributed by atoms with Crippen LogP contribution < -0.4 is 5.32 Å². The Morgan fingerprint density at radius 1 is 1.23 bits per heavy atom. The number of hydrogen-bond donors (Lipinski definition) is 1. The molecule has 22 heavy (non-hydrogen) atoms. The molecule has 6 heteroatoms. The van der Waals surface area contributed by atoms with Crippen molar-refractivity contribution in [2.75, 3.05) is 19.6 Å². The topological polar surface area (TPSA) is 71.3 Å². The molecule has 4 rings (SSSR count). The molecule has 0 unspecified atom stereocenters. The molecule has 1 amide bonds. The Morgan fingerprint density at radius 3 is 2.82 bits per heavy atom. The van der Waals surface area contributed by atoms with Crippen LogP contribution in [0.5, 0.6) is 0 Å². The zero-order valence-electron chi connectivity index (χ0n) is 13.0. The summed E-state index contributed by atoms with van der Waals surface area (Å²) in [5, 5.41) is 7.23. The largest absolute Gasteiger partial charge is 0.355 e. The van der Waals surface area contributed by atoms with Crippen LogP contribution in [-0.4, -0.2) is 40.6 Å². The predicted molar refractivity (Wildman–Crippen MR) is 80.2 cm³/mol. The summed E-state index contributed by atoms with van der Waals surface area (Å²) in [5.41, 5.74) is 0. The van der Waals surface area contributed by atoms with Crippen molar-refractivity contribution in [1.82, 2.24) is 20.4 Å². The number of aromatic nitrogens is 2. The van der Waals surface area contributed by atoms with E-state index in [4.69, 9.17) is 4.52 Å². The van der Waals surface area contributed by atoms with Crippen molar-refractivity contribution in [2.24, 2.45) is 5.92 Å². The smallest absolute Gasteiger partial charge is 0.234 e. The van der Waals surface area contributed by atoms with Crippen LogP contribution in [0.3, 0.4) is 0 Å². The summed E-state index contributed by atoms with van der Waals surface area (Å²) in [7, 11) is 0. The molecule has 1 atom stereocenters. The number of carbonyl (C=O) groups excluding carboxylic acids is 1. The average molecular weight is 304 g/mol. The Labute approximate surface area is 130 Å². The lowest BCUT2D eigenvalue weighted by atomic mass is 9.85. The Morgan fingerprint density at radius 2 is 2.09 bits per heavy atom. The first-order valence-electron chi connectivity index (χ1n) is 8.64. The van der Waals surface area contributed by atoms with Gasteiger partial charge in [0.15, 0.2) is 5.82 Å². The molecule has 1 aromatic heterocycles. The van der Waals surface area contributed by atoms with E-state index in [0.29, 0.717) is 18.4 Å². The van der Waals surface area contributed by atoms with Crippen molar-refractivity contribution in [3.8, 4) is 0 Å². The van der Waals surface area contributed by atoms with Gasteiger partial charge in [0.2, 0.25) is 11.8 Å². The summed E-state index contributed by atoms with van der Waals surface area (Å²) in [5.74, 6) is 2.88. The van der Waals surface area contributed by atoms with Crippen molar-refractivity contribution < 1.29 is 9.32 Å². The molecule has 0 spiro atoms. The number of nitrogens with one attached hydrogen (secondary N) is 1. The summed E-state index contributed by atoms with van der Waals surface area (Å²) in [6.07, 6.45) is 8.28. The maximum atomic E-state index is 12.1. The van der Waals surface area contributed by atoms with Gasteiger partial charge in [-0.25, -0.2) is 0 Å². The van der Waals surface area contributed by atoms with Gasteiger partial charge in [-0.1, -0.05) is 11.6 Å². The summed E-state index contributed by atoms with van der Waals surface area (Å²) in [6, 6.07) is 0.144. The molecule has 3 aliphatic rings. The average Bonchev–Trinajstić information content (AvgIpc) is 3.01. The van der Waals surface area contributed by atoms with Gasteiger partial charge in [-0.2, -0.15) is 4.98 Å². The molecule has 0 radical (unpaired) electrons. The number of nitrogens with zero attached hydrogens (tertiary/aromatic N) is 3. The molecule has 2 saturated carbocycles. The van der Waals surface area contributed by atoms with Crippen molar-refractivity contribution in [2.45, 2.75) is 56.9 Å². The second-order valence-corrected chi connectivity index (χ2v) is 6.99. The SMILES string of the molecule is O=C(CN1CCC[C@@H]1c1noc(C2CC2)n1)NCC1CCC1. The maximum absolute atomic E-state index is 12.1. The first kappa shape index (κ1) is 14.2. The molecule has 6 nitrogen and oxygen atoms in total. The number of carbonyl (C=O) groups is 1. The van der Waals surface area contributed by atoms with Gasteiger partial charge in [0.25, 0.3) is 0 Å². The fourth-order valence-electron chi connectivity index (χ4n) is 3.38. The van der Waals surface area contributed by atoms with Gasteiger partial charge in [0, 0.05) is 12.5 Å². The Hall–Kier alpha value is -1.43. The van der Waals surface area contributed by atoms with Crippen molar-refractivity contribution >= 4 is 5.91 Å². The van der Waals surface area contributed by atoms with Gasteiger partial charge in [-0.05, 0) is 51.0 Å². The van der Waals surface area contributed by atoms with E-state index in [0.717, 1.165) is 37.6 Å². The third-order valence-electron chi connectivity index (χ3n) is 5.21. The Kier molecular flexibility index (Phi) is 3.86. The van der Waals surface area contributed by atoms with E-state index in [2.05, 4.69) is 20.4 Å². The fourth-order valence-corrected chi connectivity index (χ4v) is 3.38. The van der Waals surface area contributed by atoms with Crippen molar-refractivity contribution in [3.63, 3.8) is 0 Å². The molecule has 120 valence electrons. The number of amides is 1. The second kappa shape index (κ2) is 5.99. The lowest BCUT2D eigenvalue weighted by Gasteiger charge is -2.26. The molecule has 2 aliphatic carbocycles. The Balaban J connectivity index is 1.32. The monoisotopic (exact) mass is 304 g/mol. The maximum Gasteiger partial charge on any atom is 0.234 e. The lowest BCUT2D eigenvalue weighted by Crippen LogP contribution is -2.40. The van der Waals surface area contributed by atoms with Gasteiger partial charge < -0.3 is 9.84 Å². The third-order valence-corrected chi connectivity index (χ3v) is 5.21. The highest BCUT2D eigenvalue weighted by atomic mass is 16.5. The number of rotatable bonds is 6. The lowest BCUT2D eigenvalue weighted by molar-refractivity contribution is -0.122. The van der Waals surface area contributed by atoms with E-state index in [9.17, 15) is 4.79 Å². The van der Waals surface area contributed by atoms with E-state index >= 15 is 0 Å². The van der Waals surface area contributed by atoms with Crippen LogP contribution in [0.4, 0.5) is 0 Å². The predicted octanol–water partition coefficient (Wildman–Crippen LogP) is 2.00. The van der Waals surface area contributed by atoms with Crippen molar-refractivity contribution in [1.29, 1.82) is 0 Å². The molecule has 3 fully saturated rings. The highest BCUT2D eigenvalue weighted by Gasteiger charge is 2.34. The fraction of sp³-hybridized carbons (Fsp3) is 0.812. The molecule has 0 bridgehead atoms. The second-order valence-electron chi connectivity index (χ2n) is 6.99. The molecule has 1 aliphatic heterocycles. The van der Waals surface area contributed by atoms with E-state index in [1.54, 1.807) is 0 Å². The first-order valence-corrected chi connectivity index (χ1v) is 8.64. The van der Waals surface area contributed by atoms with E-state index in [1.165, 1.54) is 32.1 Å². The molecule has 1 N–H and O–H groups in total. The zero-order valence-corrected chi connectivity index (χ0v) is 13.0. The molecular formula is C16H24N4O2. The first-order chi connectivity index (χ1) is 10.8. The molecule has 1 aromatic rings. The summed E-state index contributed by atoms with van der Waals surface area (Å²) >= 11 is 0. The highest BCUT2D eigenvalue weighted by molar-refractivity contribution is 5.78. The minimum Gasteiger partial charge on any atom is -0.355 e. The van der Waals surface area contributed by atoms with Crippen LogP contribution in [0.1, 0.15) is 68.6 Å². The summed E-state index contributed by atoms with van der Waals surface area (Å²) < 4.78 is 5.37. The van der Waals surface area contributed by atoms with Crippen molar-refractivity contribution in [3.05, 3.63) is 11.7 Å². The molecule has 2 heterocycles. The van der Waals surface area contributed by atoms with Crippen LogP contribution in [0.2, 0.25) is 0 Å². The van der Waals surface area contributed by atoms with E-state index in [-0.39, 0.29) is 11.9 Å². The van der Waals surface area contributed by atoms with Gasteiger partial charge >= 0.3 is 0 Å². The number of hydrogen-bond acceptors (Lipinski definition) is 5. The summed E-state index contributed by atoms with van der Waals surface area (Å²) in [6.45, 7) is 2.23. The van der Waals surface area contributed by atoms with Crippen LogP contribution >= 0.6 is 0 Å². The Bertz CT molecular complexity index is 536. The van der Waals surface area contributed by atoms with E-state index in [1.807, 2.05) is 0 Å². The van der Waals surface area contributed by atoms with Crippen LogP contribution in [0.15, 0.2) is 4.52 Å². The molecule has 0 aromatic carbocycles. The standard InChI is InChI=1S/C16H24N4O2/c21-14(17-9-11-3-1-4-11)10-20-8-2-5-13(20)15-18-16(22-19-15)12-6-7-12/h11-13H,1-10H2,(H,17,21)/t13-/m1/s1. The molecule has 1 saturated heterocycles. The third kappa shape index (κ3) is 3.02. The zero-order chi connectivity index (χ0) is 14.9. The van der Waals surface area contributed by atoms with Gasteiger partial charge in [-0.3, -0.25) is 9.69 Å². The van der Waals surface area contributed by atoms with Gasteiger partial charge in [0.1, 0.15) is 0 Å². The minimum absolute atomic E-state index is 0.129. The van der Waals surface area contributed by atoms with Gasteiger partial charge in [-0.15, -0.1) is 0 Å².